The van der Waals surface area contributed by atoms with E-state index in [1.165, 1.54) is 24.3 Å². The number of nitrogens with zero attached hydrogens (tertiary/aromatic N) is 2. The number of nitro groups is 1. The molecule has 0 unspecified atom stereocenters. The van der Waals surface area contributed by atoms with Gasteiger partial charge in [-0.1, -0.05) is 12.1 Å². The molecule has 21 heavy (non-hydrogen) atoms. The lowest BCUT2D eigenvalue weighted by Crippen LogP contribution is -2.40. The van der Waals surface area contributed by atoms with E-state index in [1.54, 1.807) is 0 Å². The summed E-state index contributed by atoms with van der Waals surface area (Å²) in [6.07, 6.45) is 1.00. The molecule has 0 bridgehead atoms. The van der Waals surface area contributed by atoms with Gasteiger partial charge in [-0.2, -0.15) is 5.10 Å². The second kappa shape index (κ2) is 7.33. The number of carbonyl (C=O) groups is 3. The molecule has 0 aliphatic carbocycles. The number of nitro benzene ring substituents is 1. The molecule has 0 spiro atoms. The molecular weight excluding hydrogens is 284 g/mol. The van der Waals surface area contributed by atoms with Crippen molar-refractivity contribution in [3.05, 3.63) is 39.9 Å². The highest BCUT2D eigenvalue weighted by molar-refractivity contribution is 6.35. The minimum absolute atomic E-state index is 0.133. The van der Waals surface area contributed by atoms with E-state index in [9.17, 15) is 24.5 Å². The summed E-state index contributed by atoms with van der Waals surface area (Å²) in [6, 6.07) is 5.66. The summed E-state index contributed by atoms with van der Waals surface area (Å²) in [6.45, 7) is -0.708. The van der Waals surface area contributed by atoms with Gasteiger partial charge in [0, 0.05) is 6.07 Å². The van der Waals surface area contributed by atoms with Crippen LogP contribution in [0.15, 0.2) is 29.4 Å². The molecule has 1 rings (SSSR count). The number of benzene rings is 1. The maximum absolute atomic E-state index is 11.2. The summed E-state index contributed by atoms with van der Waals surface area (Å²) >= 11 is 0. The molecule has 10 heteroatoms. The van der Waals surface area contributed by atoms with E-state index in [0.717, 1.165) is 6.21 Å². The van der Waals surface area contributed by atoms with E-state index < -0.39 is 29.3 Å². The van der Waals surface area contributed by atoms with Crippen LogP contribution in [-0.4, -0.2) is 40.6 Å². The van der Waals surface area contributed by atoms with Crippen molar-refractivity contribution in [2.24, 2.45) is 5.10 Å². The molecule has 0 atom stereocenters. The topological polar surface area (TPSA) is 151 Å². The maximum atomic E-state index is 11.2. The van der Waals surface area contributed by atoms with Gasteiger partial charge in [0.15, 0.2) is 0 Å². The molecule has 0 heterocycles. The summed E-state index contributed by atoms with van der Waals surface area (Å²) in [4.78, 5) is 42.6. The Kier molecular flexibility index (Phi) is 5.50. The number of hydrazone groups is 1. The third-order valence-corrected chi connectivity index (χ3v) is 2.11. The van der Waals surface area contributed by atoms with E-state index in [-0.39, 0.29) is 11.3 Å². The van der Waals surface area contributed by atoms with Crippen molar-refractivity contribution in [2.45, 2.75) is 0 Å². The monoisotopic (exact) mass is 294 g/mol. The van der Waals surface area contributed by atoms with E-state index >= 15 is 0 Å². The number of nitrogens with one attached hydrogen (secondary N) is 2. The lowest BCUT2D eigenvalue weighted by Gasteiger charge is -2.00. The van der Waals surface area contributed by atoms with Gasteiger partial charge in [-0.3, -0.25) is 24.5 Å². The fraction of sp³-hybridized carbons (Fsp3) is 0.0909. The first-order valence-electron chi connectivity index (χ1n) is 5.48. The quantitative estimate of drug-likeness (QED) is 0.281. The van der Waals surface area contributed by atoms with Gasteiger partial charge in [0.05, 0.1) is 16.7 Å². The molecule has 0 saturated heterocycles. The molecule has 110 valence electrons. The average Bonchev–Trinajstić information content (AvgIpc) is 2.44. The van der Waals surface area contributed by atoms with E-state index in [1.807, 2.05) is 10.7 Å². The maximum Gasteiger partial charge on any atom is 0.329 e. The summed E-state index contributed by atoms with van der Waals surface area (Å²) in [7, 11) is 0. The van der Waals surface area contributed by atoms with Crippen LogP contribution >= 0.6 is 0 Å². The molecule has 1 aromatic rings. The predicted octanol–water partition coefficient (Wildman–Crippen LogP) is -0.754. The fourth-order valence-corrected chi connectivity index (χ4v) is 1.21. The Balaban J connectivity index is 2.62. The number of para-hydroxylation sites is 1. The summed E-state index contributed by atoms with van der Waals surface area (Å²) < 4.78 is 0. The Morgan fingerprint density at radius 3 is 2.57 bits per heavy atom. The van der Waals surface area contributed by atoms with Crippen molar-refractivity contribution in [1.82, 2.24) is 10.7 Å². The van der Waals surface area contributed by atoms with Gasteiger partial charge in [0.2, 0.25) is 0 Å². The van der Waals surface area contributed by atoms with Crippen LogP contribution in [0.5, 0.6) is 0 Å². The van der Waals surface area contributed by atoms with Gasteiger partial charge in [0.25, 0.3) is 5.69 Å². The van der Waals surface area contributed by atoms with Gasteiger partial charge in [0.1, 0.15) is 6.54 Å². The largest absolute Gasteiger partial charge is 0.480 e. The van der Waals surface area contributed by atoms with Crippen LogP contribution in [0.2, 0.25) is 0 Å². The number of aliphatic carboxylic acids is 1. The van der Waals surface area contributed by atoms with Crippen LogP contribution < -0.4 is 10.7 Å². The molecule has 0 aliphatic rings. The van der Waals surface area contributed by atoms with Gasteiger partial charge >= 0.3 is 17.8 Å². The van der Waals surface area contributed by atoms with Crippen molar-refractivity contribution in [1.29, 1.82) is 0 Å². The number of carboxylic acid groups (broad SMARTS) is 1. The minimum Gasteiger partial charge on any atom is -0.480 e. The van der Waals surface area contributed by atoms with Crippen LogP contribution in [0, 0.1) is 10.1 Å². The molecule has 2 amide bonds. The average molecular weight is 294 g/mol. The van der Waals surface area contributed by atoms with Crippen LogP contribution in [0.4, 0.5) is 5.69 Å². The Morgan fingerprint density at radius 1 is 1.29 bits per heavy atom. The molecule has 0 radical (unpaired) electrons. The van der Waals surface area contributed by atoms with Crippen LogP contribution in [0.1, 0.15) is 5.56 Å². The van der Waals surface area contributed by atoms with E-state index in [4.69, 9.17) is 5.11 Å². The van der Waals surface area contributed by atoms with Gasteiger partial charge in [-0.15, -0.1) is 0 Å². The minimum atomic E-state index is -1.31. The van der Waals surface area contributed by atoms with Crippen molar-refractivity contribution in [3.8, 4) is 0 Å². The molecule has 0 fully saturated rings. The summed E-state index contributed by atoms with van der Waals surface area (Å²) in [5.41, 5.74) is 1.74. The first-order valence-corrected chi connectivity index (χ1v) is 5.48. The first kappa shape index (κ1) is 15.8. The standard InChI is InChI=1S/C11H10N4O6/c16-9(17)6-12-10(18)11(19)14-13-5-7-3-1-2-4-8(7)15(20)21/h1-5H,6H2,(H,12,18)(H,14,19)(H,16,17). The zero-order chi connectivity index (χ0) is 15.8. The van der Waals surface area contributed by atoms with Crippen LogP contribution in [0.25, 0.3) is 0 Å². The van der Waals surface area contributed by atoms with Crippen molar-refractivity contribution in [3.63, 3.8) is 0 Å². The molecule has 10 nitrogen and oxygen atoms in total. The van der Waals surface area contributed by atoms with Gasteiger partial charge < -0.3 is 10.4 Å². The molecule has 0 saturated carbocycles. The highest BCUT2D eigenvalue weighted by Crippen LogP contribution is 2.14. The zero-order valence-corrected chi connectivity index (χ0v) is 10.5. The third-order valence-electron chi connectivity index (χ3n) is 2.11. The smallest absolute Gasteiger partial charge is 0.329 e. The summed E-state index contributed by atoms with van der Waals surface area (Å²) in [5.74, 6) is -3.68. The van der Waals surface area contributed by atoms with Crippen LogP contribution in [-0.2, 0) is 14.4 Å². The highest BCUT2D eigenvalue weighted by atomic mass is 16.6. The summed E-state index contributed by atoms with van der Waals surface area (Å²) in [5, 5.41) is 24.2. The number of carbonyl (C=O) groups excluding carboxylic acids is 2. The normalized spacial score (nSPS) is 10.1. The number of carboxylic acids is 1. The Labute approximate surface area is 117 Å². The van der Waals surface area contributed by atoms with Gasteiger partial charge in [-0.05, 0) is 6.07 Å². The lowest BCUT2D eigenvalue weighted by molar-refractivity contribution is -0.385. The van der Waals surface area contributed by atoms with Crippen molar-refractivity contribution < 1.29 is 24.4 Å². The van der Waals surface area contributed by atoms with Crippen molar-refractivity contribution in [2.75, 3.05) is 6.54 Å². The predicted molar refractivity (Wildman–Crippen MR) is 69.5 cm³/mol. The SMILES string of the molecule is O=C(O)CNC(=O)C(=O)NN=Cc1ccccc1[N+](=O)[O-]. The molecule has 3 N–H and O–H groups in total. The Morgan fingerprint density at radius 2 is 1.95 bits per heavy atom. The number of hydrogen-bond acceptors (Lipinski definition) is 6. The third kappa shape index (κ3) is 5.06. The second-order valence-electron chi connectivity index (χ2n) is 3.59. The number of rotatable bonds is 5. The number of hydrogen-bond donors (Lipinski definition) is 3. The Hall–Kier alpha value is -3.30. The van der Waals surface area contributed by atoms with E-state index in [0.29, 0.717) is 0 Å². The van der Waals surface area contributed by atoms with Crippen LogP contribution in [0.3, 0.4) is 0 Å². The molecule has 0 aliphatic heterocycles. The highest BCUT2D eigenvalue weighted by Gasteiger charge is 2.14. The van der Waals surface area contributed by atoms with Gasteiger partial charge in [-0.25, -0.2) is 5.43 Å². The van der Waals surface area contributed by atoms with E-state index in [2.05, 4.69) is 5.10 Å². The molecule has 0 aromatic heterocycles. The van der Waals surface area contributed by atoms with Crippen molar-refractivity contribution >= 4 is 29.7 Å². The zero-order valence-electron chi connectivity index (χ0n) is 10.5. The fourth-order valence-electron chi connectivity index (χ4n) is 1.21. The molecular formula is C11H10N4O6. The Bertz CT molecular complexity index is 612. The second-order valence-corrected chi connectivity index (χ2v) is 3.59. The number of amides is 2. The lowest BCUT2D eigenvalue weighted by atomic mass is 10.2. The first-order chi connectivity index (χ1) is 9.91. The molecule has 1 aromatic carbocycles.